The van der Waals surface area contributed by atoms with Crippen LogP contribution in [0.4, 0.5) is 0 Å². The van der Waals surface area contributed by atoms with E-state index in [1.165, 1.54) is 24.0 Å². The molecule has 160 valence electrons. The van der Waals surface area contributed by atoms with Crippen LogP contribution in [0, 0.1) is 29.1 Å². The van der Waals surface area contributed by atoms with Crippen LogP contribution in [0.15, 0.2) is 23.8 Å². The third-order valence-corrected chi connectivity index (χ3v) is 9.90. The normalized spacial score (nSPS) is 52.0. The standard InChI is InChI=1S/C25H36O4/c1-4-16-13-22(3)20(12-17-14-25(17,22)27-5-2)18-6-8-23(26)15-24(28-10-11-29-24)9-7-19(23)21(16)18/h4,16-18,20,26H,1,5-15H2,2-3H3/t16-,17-,18-,20-,22-,23+,25-/m0/s1. The maximum Gasteiger partial charge on any atom is 0.171 e. The Hall–Kier alpha value is -0.680. The quantitative estimate of drug-likeness (QED) is 0.715. The molecule has 4 nitrogen and oxygen atoms in total. The Kier molecular flexibility index (Phi) is 3.92. The van der Waals surface area contributed by atoms with Gasteiger partial charge in [0.15, 0.2) is 5.79 Å². The van der Waals surface area contributed by atoms with E-state index >= 15 is 0 Å². The Bertz CT molecular complexity index is 767. The Labute approximate surface area is 174 Å². The van der Waals surface area contributed by atoms with Gasteiger partial charge in [-0.05, 0) is 74.7 Å². The van der Waals surface area contributed by atoms with Crippen LogP contribution in [0.25, 0.3) is 0 Å². The van der Waals surface area contributed by atoms with Gasteiger partial charge < -0.3 is 19.3 Å². The minimum absolute atomic E-state index is 0.111. The van der Waals surface area contributed by atoms with Gasteiger partial charge in [0.2, 0.25) is 0 Å². The summed E-state index contributed by atoms with van der Waals surface area (Å²) in [6, 6.07) is 0. The molecule has 1 aliphatic heterocycles. The van der Waals surface area contributed by atoms with Crippen molar-refractivity contribution in [3.05, 3.63) is 23.8 Å². The number of hydrogen-bond donors (Lipinski definition) is 1. The first-order valence-corrected chi connectivity index (χ1v) is 11.9. The van der Waals surface area contributed by atoms with Crippen LogP contribution in [0.3, 0.4) is 0 Å². The van der Waals surface area contributed by atoms with E-state index in [9.17, 15) is 5.11 Å². The third-order valence-electron chi connectivity index (χ3n) is 9.90. The van der Waals surface area contributed by atoms with E-state index in [1.54, 1.807) is 0 Å². The molecule has 1 N–H and O–H groups in total. The second kappa shape index (κ2) is 5.97. The first-order chi connectivity index (χ1) is 13.9. The van der Waals surface area contributed by atoms with Crippen LogP contribution in [-0.2, 0) is 14.2 Å². The van der Waals surface area contributed by atoms with Crippen molar-refractivity contribution < 1.29 is 19.3 Å². The lowest BCUT2D eigenvalue weighted by Gasteiger charge is -2.57. The van der Waals surface area contributed by atoms with Crippen molar-refractivity contribution in [1.29, 1.82) is 0 Å². The van der Waals surface area contributed by atoms with Gasteiger partial charge in [-0.3, -0.25) is 0 Å². The summed E-state index contributed by atoms with van der Waals surface area (Å²) in [4.78, 5) is 0. The fourth-order valence-electron chi connectivity index (χ4n) is 8.74. The first-order valence-electron chi connectivity index (χ1n) is 11.9. The molecule has 4 heteroatoms. The van der Waals surface area contributed by atoms with Crippen molar-refractivity contribution in [2.24, 2.45) is 29.1 Å². The predicted octanol–water partition coefficient (Wildman–Crippen LogP) is 4.38. The molecule has 0 unspecified atom stereocenters. The van der Waals surface area contributed by atoms with Crippen LogP contribution in [0.2, 0.25) is 0 Å². The zero-order valence-electron chi connectivity index (χ0n) is 18.0. The van der Waals surface area contributed by atoms with Crippen molar-refractivity contribution >= 4 is 0 Å². The number of hydrogen-bond acceptors (Lipinski definition) is 4. The highest BCUT2D eigenvalue weighted by molar-refractivity contribution is 5.41. The highest BCUT2D eigenvalue weighted by atomic mass is 16.7. The van der Waals surface area contributed by atoms with Crippen LogP contribution in [0.5, 0.6) is 0 Å². The van der Waals surface area contributed by atoms with Gasteiger partial charge in [-0.25, -0.2) is 0 Å². The summed E-state index contributed by atoms with van der Waals surface area (Å²) in [6.45, 7) is 11.0. The molecule has 0 amide bonds. The lowest BCUT2D eigenvalue weighted by molar-refractivity contribution is -0.208. The fourth-order valence-corrected chi connectivity index (χ4v) is 8.74. The molecule has 0 aromatic rings. The summed E-state index contributed by atoms with van der Waals surface area (Å²) >= 11 is 0. The number of aliphatic hydroxyl groups is 1. The van der Waals surface area contributed by atoms with Gasteiger partial charge in [-0.1, -0.05) is 18.6 Å². The minimum atomic E-state index is -0.761. The Morgan fingerprint density at radius 3 is 2.76 bits per heavy atom. The largest absolute Gasteiger partial charge is 0.385 e. The van der Waals surface area contributed by atoms with Crippen molar-refractivity contribution in [3.8, 4) is 0 Å². The third kappa shape index (κ3) is 2.30. The van der Waals surface area contributed by atoms with Gasteiger partial charge in [0.1, 0.15) is 0 Å². The monoisotopic (exact) mass is 400 g/mol. The van der Waals surface area contributed by atoms with E-state index in [-0.39, 0.29) is 11.0 Å². The van der Waals surface area contributed by atoms with Gasteiger partial charge in [-0.2, -0.15) is 0 Å². The summed E-state index contributed by atoms with van der Waals surface area (Å²) < 4.78 is 18.4. The maximum atomic E-state index is 11.8. The molecule has 7 atom stereocenters. The van der Waals surface area contributed by atoms with Gasteiger partial charge >= 0.3 is 0 Å². The highest BCUT2D eigenvalue weighted by Gasteiger charge is 2.76. The second-order valence-corrected chi connectivity index (χ2v) is 10.9. The molecule has 6 rings (SSSR count). The molecule has 0 radical (unpaired) electrons. The summed E-state index contributed by atoms with van der Waals surface area (Å²) in [6.07, 6.45) is 10.1. The van der Waals surface area contributed by atoms with Crippen molar-refractivity contribution in [2.45, 2.75) is 82.2 Å². The summed E-state index contributed by atoms with van der Waals surface area (Å²) in [7, 11) is 0. The average Bonchev–Trinajstić information content (AvgIpc) is 3.12. The maximum absolute atomic E-state index is 11.8. The van der Waals surface area contributed by atoms with Crippen LogP contribution in [0.1, 0.15) is 65.2 Å². The van der Waals surface area contributed by atoms with E-state index in [1.807, 2.05) is 0 Å². The van der Waals surface area contributed by atoms with Crippen LogP contribution >= 0.6 is 0 Å². The lowest BCUT2D eigenvalue weighted by atomic mass is 9.51. The zero-order chi connectivity index (χ0) is 20.1. The highest BCUT2D eigenvalue weighted by Crippen LogP contribution is 2.76. The Morgan fingerprint density at radius 1 is 1.24 bits per heavy atom. The number of ether oxygens (including phenoxy) is 3. The topological polar surface area (TPSA) is 47.9 Å². The summed E-state index contributed by atoms with van der Waals surface area (Å²) in [5, 5.41) is 11.8. The molecule has 0 aromatic carbocycles. The van der Waals surface area contributed by atoms with Crippen molar-refractivity contribution in [1.82, 2.24) is 0 Å². The van der Waals surface area contributed by atoms with Crippen molar-refractivity contribution in [2.75, 3.05) is 19.8 Å². The molecule has 29 heavy (non-hydrogen) atoms. The van der Waals surface area contributed by atoms with Gasteiger partial charge in [0, 0.05) is 24.9 Å². The van der Waals surface area contributed by atoms with Gasteiger partial charge in [0.25, 0.3) is 0 Å². The number of allylic oxidation sites excluding steroid dienone is 2. The number of rotatable bonds is 3. The molecule has 0 aromatic heterocycles. The molecule has 5 fully saturated rings. The zero-order valence-corrected chi connectivity index (χ0v) is 18.0. The average molecular weight is 401 g/mol. The molecular weight excluding hydrogens is 364 g/mol. The van der Waals surface area contributed by atoms with E-state index in [4.69, 9.17) is 14.2 Å². The fraction of sp³-hybridized carbons (Fsp3) is 0.840. The molecule has 4 saturated carbocycles. The molecule has 1 spiro atoms. The van der Waals surface area contributed by atoms with Crippen molar-refractivity contribution in [3.63, 3.8) is 0 Å². The summed E-state index contributed by atoms with van der Waals surface area (Å²) in [5.74, 6) is 1.82. The van der Waals surface area contributed by atoms with Gasteiger partial charge in [-0.15, -0.1) is 6.58 Å². The smallest absolute Gasteiger partial charge is 0.171 e. The molecule has 1 saturated heterocycles. The second-order valence-electron chi connectivity index (χ2n) is 10.9. The Morgan fingerprint density at radius 2 is 2.03 bits per heavy atom. The number of fused-ring (bicyclic) bond motifs is 6. The van der Waals surface area contributed by atoms with E-state index in [0.29, 0.717) is 37.4 Å². The van der Waals surface area contributed by atoms with Crippen LogP contribution in [-0.4, -0.2) is 41.9 Å². The van der Waals surface area contributed by atoms with E-state index in [2.05, 4.69) is 26.5 Å². The predicted molar refractivity (Wildman–Crippen MR) is 110 cm³/mol. The molecular formula is C25H36O4. The van der Waals surface area contributed by atoms with Gasteiger partial charge in [0.05, 0.1) is 24.4 Å². The molecule has 5 aliphatic carbocycles. The molecule has 0 bridgehead atoms. The van der Waals surface area contributed by atoms with Crippen LogP contribution < -0.4 is 0 Å². The van der Waals surface area contributed by atoms with E-state index < -0.39 is 11.4 Å². The minimum Gasteiger partial charge on any atom is -0.385 e. The lowest BCUT2D eigenvalue weighted by Crippen LogP contribution is -2.54. The summed E-state index contributed by atoms with van der Waals surface area (Å²) in [5.41, 5.74) is 2.44. The van der Waals surface area contributed by atoms with E-state index in [0.717, 1.165) is 44.6 Å². The SMILES string of the molecule is C=C[C@H]1C[C@@]2(C)[C@@H](C[C@H]3C[C@]32OCC)[C@@H]2CC[C@@]3(O)CC4(CCC3=C21)OCCO4. The molecule has 6 aliphatic rings. The first kappa shape index (κ1) is 19.0. The Balaban J connectivity index is 1.39. The molecule has 1 heterocycles.